The van der Waals surface area contributed by atoms with Crippen molar-refractivity contribution in [2.75, 3.05) is 6.61 Å². The number of ether oxygens (including phenoxy) is 1. The van der Waals surface area contributed by atoms with Crippen LogP contribution in [0.4, 0.5) is 13.2 Å². The molecule has 0 aliphatic carbocycles. The summed E-state index contributed by atoms with van der Waals surface area (Å²) in [4.78, 5) is 24.7. The average Bonchev–Trinajstić information content (AvgIpc) is 2.71. The fourth-order valence-electron chi connectivity index (χ4n) is 2.71. The molecule has 0 spiro atoms. The van der Waals surface area contributed by atoms with Crippen LogP contribution in [0, 0.1) is 3.57 Å². The zero-order valence-corrected chi connectivity index (χ0v) is 17.0. The number of esters is 1. The SMILES string of the molecule is O=C(COC(=O)c1ccccc1-c1ccc(C(F)(F)F)cc1)c1cccc(I)c1. The second-order valence-corrected chi connectivity index (χ2v) is 7.38. The molecule has 0 aromatic heterocycles. The Kier molecular flexibility index (Phi) is 6.36. The summed E-state index contributed by atoms with van der Waals surface area (Å²) in [5, 5.41) is 0. The molecule has 0 unspecified atom stereocenters. The van der Waals surface area contributed by atoms with Gasteiger partial charge < -0.3 is 4.74 Å². The van der Waals surface area contributed by atoms with Crippen molar-refractivity contribution >= 4 is 34.3 Å². The molecule has 7 heteroatoms. The van der Waals surface area contributed by atoms with Crippen molar-refractivity contribution in [3.8, 4) is 11.1 Å². The average molecular weight is 510 g/mol. The normalized spacial score (nSPS) is 11.2. The summed E-state index contributed by atoms with van der Waals surface area (Å²) >= 11 is 2.08. The van der Waals surface area contributed by atoms with E-state index in [1.165, 1.54) is 18.2 Å². The maximum Gasteiger partial charge on any atom is 0.416 e. The van der Waals surface area contributed by atoms with Gasteiger partial charge in [-0.3, -0.25) is 4.79 Å². The fraction of sp³-hybridized carbons (Fsp3) is 0.0909. The molecule has 0 radical (unpaired) electrons. The predicted octanol–water partition coefficient (Wildman–Crippen LogP) is 6.02. The van der Waals surface area contributed by atoms with E-state index in [0.717, 1.165) is 15.7 Å². The van der Waals surface area contributed by atoms with Crippen molar-refractivity contribution in [3.63, 3.8) is 0 Å². The molecule has 3 rings (SSSR count). The largest absolute Gasteiger partial charge is 0.454 e. The van der Waals surface area contributed by atoms with Crippen LogP contribution in [0.5, 0.6) is 0 Å². The van der Waals surface area contributed by atoms with Crippen LogP contribution in [0.3, 0.4) is 0 Å². The topological polar surface area (TPSA) is 43.4 Å². The van der Waals surface area contributed by atoms with Crippen molar-refractivity contribution in [1.82, 2.24) is 0 Å². The van der Waals surface area contributed by atoms with Gasteiger partial charge in [-0.25, -0.2) is 4.79 Å². The first kappa shape index (κ1) is 21.0. The van der Waals surface area contributed by atoms with E-state index in [1.807, 2.05) is 6.07 Å². The van der Waals surface area contributed by atoms with Crippen LogP contribution < -0.4 is 0 Å². The lowest BCUT2D eigenvalue weighted by molar-refractivity contribution is -0.137. The highest BCUT2D eigenvalue weighted by Gasteiger charge is 2.30. The Morgan fingerprint density at radius 2 is 1.59 bits per heavy atom. The molecule has 0 aliphatic rings. The molecule has 3 nitrogen and oxygen atoms in total. The lowest BCUT2D eigenvalue weighted by atomic mass is 9.98. The minimum Gasteiger partial charge on any atom is -0.454 e. The van der Waals surface area contributed by atoms with Crippen LogP contribution in [0.2, 0.25) is 0 Å². The van der Waals surface area contributed by atoms with Gasteiger partial charge >= 0.3 is 12.1 Å². The summed E-state index contributed by atoms with van der Waals surface area (Å²) in [6.45, 7) is -0.430. The first-order valence-electron chi connectivity index (χ1n) is 8.48. The number of halogens is 4. The lowest BCUT2D eigenvalue weighted by Crippen LogP contribution is -2.15. The molecular weight excluding hydrogens is 496 g/mol. The van der Waals surface area contributed by atoms with Crippen LogP contribution in [0.15, 0.2) is 72.8 Å². The van der Waals surface area contributed by atoms with Crippen molar-refractivity contribution in [2.45, 2.75) is 6.18 Å². The molecule has 148 valence electrons. The Bertz CT molecular complexity index is 1040. The number of carbonyl (C=O) groups is 2. The van der Waals surface area contributed by atoms with Crippen LogP contribution >= 0.6 is 22.6 Å². The standard InChI is InChI=1S/C22H14F3IO3/c23-22(24,25)16-10-8-14(9-11-16)18-6-1-2-7-19(18)21(28)29-13-20(27)15-4-3-5-17(26)12-15/h1-12H,13H2. The van der Waals surface area contributed by atoms with E-state index in [9.17, 15) is 22.8 Å². The number of hydrogen-bond acceptors (Lipinski definition) is 3. The molecule has 3 aromatic carbocycles. The summed E-state index contributed by atoms with van der Waals surface area (Å²) < 4.78 is 44.3. The van der Waals surface area contributed by atoms with E-state index >= 15 is 0 Å². The molecule has 0 atom stereocenters. The summed E-state index contributed by atoms with van der Waals surface area (Å²) in [5.41, 5.74) is 0.690. The van der Waals surface area contributed by atoms with Gasteiger partial charge in [-0.05, 0) is 64.0 Å². The van der Waals surface area contributed by atoms with E-state index in [1.54, 1.807) is 36.4 Å². The van der Waals surface area contributed by atoms with Crippen LogP contribution in [-0.4, -0.2) is 18.4 Å². The number of carbonyl (C=O) groups excluding carboxylic acids is 2. The van der Waals surface area contributed by atoms with Crippen LogP contribution in [-0.2, 0) is 10.9 Å². The van der Waals surface area contributed by atoms with E-state index in [0.29, 0.717) is 16.7 Å². The Hall–Kier alpha value is -2.68. The zero-order valence-electron chi connectivity index (χ0n) is 14.9. The van der Waals surface area contributed by atoms with Crippen molar-refractivity contribution < 1.29 is 27.5 Å². The Morgan fingerprint density at radius 3 is 2.24 bits per heavy atom. The summed E-state index contributed by atoms with van der Waals surface area (Å²) in [6.07, 6.45) is -4.44. The van der Waals surface area contributed by atoms with Gasteiger partial charge in [0.2, 0.25) is 0 Å². The number of alkyl halides is 3. The first-order valence-corrected chi connectivity index (χ1v) is 9.56. The monoisotopic (exact) mass is 510 g/mol. The Balaban J connectivity index is 1.78. The van der Waals surface area contributed by atoms with E-state index in [-0.39, 0.29) is 11.3 Å². The quantitative estimate of drug-likeness (QED) is 0.240. The van der Waals surface area contributed by atoms with E-state index < -0.39 is 24.3 Å². The summed E-state index contributed by atoms with van der Waals surface area (Å²) in [5.74, 6) is -1.07. The molecule has 0 aliphatic heterocycles. The van der Waals surface area contributed by atoms with Gasteiger partial charge in [0.05, 0.1) is 11.1 Å². The maximum atomic E-state index is 12.8. The second-order valence-electron chi connectivity index (χ2n) is 6.13. The smallest absolute Gasteiger partial charge is 0.416 e. The minimum absolute atomic E-state index is 0.169. The Morgan fingerprint density at radius 1 is 0.897 bits per heavy atom. The van der Waals surface area contributed by atoms with Crippen LogP contribution in [0.1, 0.15) is 26.3 Å². The third-order valence-corrected chi connectivity index (χ3v) is 4.82. The Labute approximate surface area is 178 Å². The molecule has 0 saturated heterocycles. The van der Waals surface area contributed by atoms with Gasteiger partial charge in [-0.15, -0.1) is 0 Å². The third kappa shape index (κ3) is 5.23. The van der Waals surface area contributed by atoms with Gasteiger partial charge in [0, 0.05) is 9.13 Å². The van der Waals surface area contributed by atoms with Crippen molar-refractivity contribution in [1.29, 1.82) is 0 Å². The summed E-state index contributed by atoms with van der Waals surface area (Å²) in [6, 6.07) is 17.8. The number of Topliss-reactive ketones (excluding diaryl/α,β-unsaturated/α-hetero) is 1. The second kappa shape index (κ2) is 8.77. The molecule has 29 heavy (non-hydrogen) atoms. The lowest BCUT2D eigenvalue weighted by Gasteiger charge is -2.11. The molecule has 0 bridgehead atoms. The molecule has 0 heterocycles. The predicted molar refractivity (Wildman–Crippen MR) is 111 cm³/mol. The zero-order chi connectivity index (χ0) is 21.0. The molecule has 0 amide bonds. The number of ketones is 1. The molecule has 0 saturated carbocycles. The third-order valence-electron chi connectivity index (χ3n) is 4.15. The van der Waals surface area contributed by atoms with Crippen molar-refractivity contribution in [3.05, 3.63) is 93.1 Å². The fourth-order valence-corrected chi connectivity index (χ4v) is 3.25. The van der Waals surface area contributed by atoms with Gasteiger partial charge in [0.1, 0.15) is 0 Å². The number of hydrogen-bond donors (Lipinski definition) is 0. The van der Waals surface area contributed by atoms with Gasteiger partial charge in [-0.2, -0.15) is 13.2 Å². The molecule has 0 N–H and O–H groups in total. The highest BCUT2D eigenvalue weighted by atomic mass is 127. The molecular formula is C22H14F3IO3. The number of rotatable bonds is 5. The van der Waals surface area contributed by atoms with E-state index in [4.69, 9.17) is 4.74 Å². The van der Waals surface area contributed by atoms with Crippen LogP contribution in [0.25, 0.3) is 11.1 Å². The van der Waals surface area contributed by atoms with E-state index in [2.05, 4.69) is 22.6 Å². The van der Waals surface area contributed by atoms with Gasteiger partial charge in [0.25, 0.3) is 0 Å². The highest BCUT2D eigenvalue weighted by molar-refractivity contribution is 14.1. The van der Waals surface area contributed by atoms with Gasteiger partial charge in [-0.1, -0.05) is 42.5 Å². The highest BCUT2D eigenvalue weighted by Crippen LogP contribution is 2.32. The first-order chi connectivity index (χ1) is 13.8. The van der Waals surface area contributed by atoms with Crippen molar-refractivity contribution in [2.24, 2.45) is 0 Å². The molecule has 0 fully saturated rings. The van der Waals surface area contributed by atoms with Gasteiger partial charge in [0.15, 0.2) is 12.4 Å². The molecule has 3 aromatic rings. The number of benzene rings is 3. The maximum absolute atomic E-state index is 12.8. The summed E-state index contributed by atoms with van der Waals surface area (Å²) in [7, 11) is 0. The minimum atomic E-state index is -4.44.